The van der Waals surface area contributed by atoms with Crippen molar-refractivity contribution in [2.45, 2.75) is 12.5 Å². The summed E-state index contributed by atoms with van der Waals surface area (Å²) in [4.78, 5) is 3.99. The van der Waals surface area contributed by atoms with Crippen LogP contribution >= 0.6 is 11.6 Å². The average molecular weight is 265 g/mol. The van der Waals surface area contributed by atoms with Gasteiger partial charge in [0.25, 0.3) is 0 Å². The summed E-state index contributed by atoms with van der Waals surface area (Å²) in [6.45, 7) is 0. The maximum atomic E-state index is 13.4. The first-order valence-electron chi connectivity index (χ1n) is 5.72. The van der Waals surface area contributed by atoms with Crippen molar-refractivity contribution in [1.82, 2.24) is 10.3 Å². The van der Waals surface area contributed by atoms with Gasteiger partial charge in [0.15, 0.2) is 0 Å². The Kier molecular flexibility index (Phi) is 4.28. The van der Waals surface area contributed by atoms with Gasteiger partial charge in [-0.25, -0.2) is 4.39 Å². The zero-order valence-electron chi connectivity index (χ0n) is 10.0. The molecule has 0 aliphatic carbocycles. The molecular weight excluding hydrogens is 251 g/mol. The second kappa shape index (κ2) is 5.94. The minimum absolute atomic E-state index is 0.0901. The summed E-state index contributed by atoms with van der Waals surface area (Å²) in [5.41, 5.74) is 1.90. The highest BCUT2D eigenvalue weighted by atomic mass is 35.5. The first-order chi connectivity index (χ1) is 8.72. The second-order valence-corrected chi connectivity index (χ2v) is 4.42. The Morgan fingerprint density at radius 1 is 1.28 bits per heavy atom. The molecule has 1 N–H and O–H groups in total. The van der Waals surface area contributed by atoms with Crippen molar-refractivity contribution < 1.29 is 4.39 Å². The number of rotatable bonds is 4. The smallest absolute Gasteiger partial charge is 0.142 e. The molecule has 1 aromatic carbocycles. The zero-order chi connectivity index (χ0) is 13.0. The van der Waals surface area contributed by atoms with Gasteiger partial charge in [-0.05, 0) is 42.8 Å². The van der Waals surface area contributed by atoms with Gasteiger partial charge in [-0.3, -0.25) is 4.98 Å². The lowest BCUT2D eigenvalue weighted by molar-refractivity contribution is 0.584. The highest BCUT2D eigenvalue weighted by Gasteiger charge is 2.13. The van der Waals surface area contributed by atoms with Crippen molar-refractivity contribution in [3.05, 3.63) is 64.7 Å². The molecule has 1 unspecified atom stereocenters. The maximum absolute atomic E-state index is 13.4. The number of halogens is 2. The van der Waals surface area contributed by atoms with Crippen LogP contribution in [0.15, 0.2) is 42.7 Å². The van der Waals surface area contributed by atoms with Crippen LogP contribution in [0, 0.1) is 5.82 Å². The van der Waals surface area contributed by atoms with E-state index in [-0.39, 0.29) is 16.9 Å². The number of pyridine rings is 1. The molecule has 0 aliphatic rings. The molecule has 0 radical (unpaired) electrons. The predicted octanol–water partition coefficient (Wildman–Crippen LogP) is 3.38. The molecule has 4 heteroatoms. The Morgan fingerprint density at radius 2 is 2.00 bits per heavy atom. The number of likely N-dealkylation sites (N-methyl/N-ethyl adjacent to an activating group) is 1. The van der Waals surface area contributed by atoms with E-state index in [4.69, 9.17) is 11.6 Å². The summed E-state index contributed by atoms with van der Waals surface area (Å²) in [5.74, 6) is -0.376. The highest BCUT2D eigenvalue weighted by molar-refractivity contribution is 6.31. The molecule has 1 atom stereocenters. The molecule has 94 valence electrons. The first-order valence-corrected chi connectivity index (χ1v) is 6.10. The van der Waals surface area contributed by atoms with E-state index in [0.29, 0.717) is 6.42 Å². The van der Waals surface area contributed by atoms with Gasteiger partial charge in [0.2, 0.25) is 0 Å². The minimum atomic E-state index is -0.376. The van der Waals surface area contributed by atoms with Crippen molar-refractivity contribution in [1.29, 1.82) is 0 Å². The molecule has 0 saturated heterocycles. The fourth-order valence-electron chi connectivity index (χ4n) is 1.91. The van der Waals surface area contributed by atoms with Crippen LogP contribution < -0.4 is 5.32 Å². The van der Waals surface area contributed by atoms with Gasteiger partial charge < -0.3 is 5.32 Å². The number of nitrogens with zero attached hydrogens (tertiary/aromatic N) is 1. The van der Waals surface area contributed by atoms with Crippen molar-refractivity contribution in [3.63, 3.8) is 0 Å². The number of hydrogen-bond donors (Lipinski definition) is 1. The summed E-state index contributed by atoms with van der Waals surface area (Å²) in [5, 5.41) is 3.41. The van der Waals surface area contributed by atoms with E-state index in [1.807, 2.05) is 25.2 Å². The van der Waals surface area contributed by atoms with Crippen LogP contribution in [0.5, 0.6) is 0 Å². The minimum Gasteiger partial charge on any atom is -0.313 e. The molecule has 2 aromatic rings. The number of aromatic nitrogens is 1. The third-order valence-electron chi connectivity index (χ3n) is 2.91. The van der Waals surface area contributed by atoms with Crippen LogP contribution in [0.2, 0.25) is 5.02 Å². The van der Waals surface area contributed by atoms with Crippen molar-refractivity contribution in [2.75, 3.05) is 7.05 Å². The normalized spacial score (nSPS) is 12.4. The molecule has 1 heterocycles. The van der Waals surface area contributed by atoms with Gasteiger partial charge in [0.05, 0.1) is 5.02 Å². The van der Waals surface area contributed by atoms with Crippen molar-refractivity contribution in [2.24, 2.45) is 0 Å². The monoisotopic (exact) mass is 264 g/mol. The van der Waals surface area contributed by atoms with E-state index in [9.17, 15) is 4.39 Å². The highest BCUT2D eigenvalue weighted by Crippen LogP contribution is 2.25. The molecule has 0 fully saturated rings. The van der Waals surface area contributed by atoms with E-state index in [0.717, 1.165) is 11.1 Å². The van der Waals surface area contributed by atoms with E-state index >= 15 is 0 Å². The van der Waals surface area contributed by atoms with Gasteiger partial charge >= 0.3 is 0 Å². The molecule has 2 nitrogen and oxygen atoms in total. The third kappa shape index (κ3) is 2.86. The van der Waals surface area contributed by atoms with Gasteiger partial charge in [-0.1, -0.05) is 23.7 Å². The molecule has 0 aliphatic heterocycles. The van der Waals surface area contributed by atoms with Gasteiger partial charge in [-0.2, -0.15) is 0 Å². The summed E-state index contributed by atoms with van der Waals surface area (Å²) < 4.78 is 13.4. The van der Waals surface area contributed by atoms with Gasteiger partial charge in [0.1, 0.15) is 5.82 Å². The molecule has 0 saturated carbocycles. The molecular formula is C14H14ClFN2. The van der Waals surface area contributed by atoms with Crippen LogP contribution in [0.25, 0.3) is 0 Å². The molecule has 0 bridgehead atoms. The number of hydrogen-bond acceptors (Lipinski definition) is 2. The van der Waals surface area contributed by atoms with E-state index < -0.39 is 0 Å². The Hall–Kier alpha value is -1.45. The summed E-state index contributed by atoms with van der Waals surface area (Å²) in [6, 6.07) is 8.86. The van der Waals surface area contributed by atoms with Crippen LogP contribution in [0.3, 0.4) is 0 Å². The van der Waals surface area contributed by atoms with E-state index in [1.165, 1.54) is 6.07 Å². The SMILES string of the molecule is CNC(Cc1cccc(F)c1Cl)c1ccncc1. The van der Waals surface area contributed by atoms with Crippen LogP contribution in [0.4, 0.5) is 4.39 Å². The Labute approximate surface area is 111 Å². The topological polar surface area (TPSA) is 24.9 Å². The first kappa shape index (κ1) is 13.0. The van der Waals surface area contributed by atoms with Gasteiger partial charge in [-0.15, -0.1) is 0 Å². The lowest BCUT2D eigenvalue weighted by Crippen LogP contribution is -2.19. The van der Waals surface area contributed by atoms with Crippen molar-refractivity contribution >= 4 is 11.6 Å². The van der Waals surface area contributed by atoms with Crippen LogP contribution in [-0.2, 0) is 6.42 Å². The molecule has 0 amide bonds. The van der Waals surface area contributed by atoms with E-state index in [1.54, 1.807) is 18.5 Å². The zero-order valence-corrected chi connectivity index (χ0v) is 10.8. The summed E-state index contributed by atoms with van der Waals surface area (Å²) in [7, 11) is 1.87. The standard InChI is InChI=1S/C14H14ClFN2/c1-17-13(10-5-7-18-8-6-10)9-11-3-2-4-12(16)14(11)15/h2-8,13,17H,9H2,1H3. The lowest BCUT2D eigenvalue weighted by atomic mass is 10.00. The Balaban J connectivity index is 2.24. The predicted molar refractivity (Wildman–Crippen MR) is 71.2 cm³/mol. The van der Waals surface area contributed by atoms with Gasteiger partial charge in [0, 0.05) is 18.4 Å². The van der Waals surface area contributed by atoms with E-state index in [2.05, 4.69) is 10.3 Å². The van der Waals surface area contributed by atoms with Crippen LogP contribution in [-0.4, -0.2) is 12.0 Å². The largest absolute Gasteiger partial charge is 0.313 e. The summed E-state index contributed by atoms with van der Waals surface area (Å²) >= 11 is 5.97. The maximum Gasteiger partial charge on any atom is 0.142 e. The third-order valence-corrected chi connectivity index (χ3v) is 3.34. The Morgan fingerprint density at radius 3 is 2.67 bits per heavy atom. The molecule has 18 heavy (non-hydrogen) atoms. The number of nitrogens with one attached hydrogen (secondary N) is 1. The second-order valence-electron chi connectivity index (χ2n) is 4.04. The quantitative estimate of drug-likeness (QED) is 0.916. The number of benzene rings is 1. The fourth-order valence-corrected chi connectivity index (χ4v) is 2.11. The average Bonchev–Trinajstić information content (AvgIpc) is 2.41. The van der Waals surface area contributed by atoms with Crippen molar-refractivity contribution in [3.8, 4) is 0 Å². The summed E-state index contributed by atoms with van der Waals surface area (Å²) in [6.07, 6.45) is 4.12. The Bertz CT molecular complexity index is 516. The fraction of sp³-hybridized carbons (Fsp3) is 0.214. The molecule has 0 spiro atoms. The lowest BCUT2D eigenvalue weighted by Gasteiger charge is -2.17. The molecule has 1 aromatic heterocycles. The van der Waals surface area contributed by atoms with Crippen LogP contribution in [0.1, 0.15) is 17.2 Å². The molecule has 2 rings (SSSR count).